The summed E-state index contributed by atoms with van der Waals surface area (Å²) >= 11 is 1.32. The van der Waals surface area contributed by atoms with Crippen LogP contribution in [0.25, 0.3) is 0 Å². The molecule has 3 atom stereocenters. The number of fused-ring (bicyclic) bond motifs is 3. The van der Waals surface area contributed by atoms with Crippen LogP contribution >= 0.6 is 11.8 Å². The first-order valence-electron chi connectivity index (χ1n) is 11.0. The third-order valence-corrected chi connectivity index (χ3v) is 7.10. The number of carbonyl (C=O) groups is 2. The van der Waals surface area contributed by atoms with Crippen LogP contribution in [0.5, 0.6) is 0 Å². The zero-order valence-electron chi connectivity index (χ0n) is 18.5. The van der Waals surface area contributed by atoms with Gasteiger partial charge in [0.15, 0.2) is 5.17 Å². The zero-order chi connectivity index (χ0) is 22.7. The highest BCUT2D eigenvalue weighted by atomic mass is 32.2. The molecule has 3 unspecified atom stereocenters. The van der Waals surface area contributed by atoms with Gasteiger partial charge in [0, 0.05) is 24.5 Å². The van der Waals surface area contributed by atoms with E-state index in [0.717, 1.165) is 23.2 Å². The topological polar surface area (TPSA) is 87.0 Å². The number of amides is 2. The van der Waals surface area contributed by atoms with Crippen LogP contribution in [0.3, 0.4) is 0 Å². The summed E-state index contributed by atoms with van der Waals surface area (Å²) in [5.74, 6) is 0.607. The number of nitrogens with zero attached hydrogens (tertiary/aromatic N) is 4. The van der Waals surface area contributed by atoms with Crippen LogP contribution in [0.15, 0.2) is 58.8 Å². The molecular weight excluding hydrogens is 422 g/mol. The molecule has 0 bridgehead atoms. The van der Waals surface area contributed by atoms with E-state index >= 15 is 0 Å². The summed E-state index contributed by atoms with van der Waals surface area (Å²) < 4.78 is 0. The lowest BCUT2D eigenvalue weighted by Gasteiger charge is -2.27. The summed E-state index contributed by atoms with van der Waals surface area (Å²) in [5.41, 5.74) is 2.56. The monoisotopic (exact) mass is 449 g/mol. The fraction of sp³-hybridized carbons (Fsp3) is 0.375. The second-order valence-electron chi connectivity index (χ2n) is 7.96. The number of nitrogens with one attached hydrogen (secondary N) is 1. The fourth-order valence-electron chi connectivity index (χ4n) is 3.70. The Labute approximate surface area is 192 Å². The predicted molar refractivity (Wildman–Crippen MR) is 128 cm³/mol. The average molecular weight is 450 g/mol. The third kappa shape index (κ3) is 4.32. The van der Waals surface area contributed by atoms with Crippen molar-refractivity contribution >= 4 is 40.3 Å². The van der Waals surface area contributed by atoms with Crippen LogP contribution in [0.1, 0.15) is 44.7 Å². The van der Waals surface area contributed by atoms with Crippen molar-refractivity contribution in [2.24, 2.45) is 15.9 Å². The van der Waals surface area contributed by atoms with Crippen molar-refractivity contribution in [3.05, 3.63) is 59.9 Å². The van der Waals surface area contributed by atoms with E-state index in [1.807, 2.05) is 50.2 Å². The molecule has 1 aromatic heterocycles. The smallest absolute Gasteiger partial charge is 0.259 e. The van der Waals surface area contributed by atoms with E-state index in [-0.39, 0.29) is 23.0 Å². The number of aliphatic imine (C=N–C) groups is 2. The van der Waals surface area contributed by atoms with Gasteiger partial charge in [-0.2, -0.15) is 0 Å². The minimum atomic E-state index is -0.425. The maximum Gasteiger partial charge on any atom is 0.259 e. The molecule has 0 aliphatic carbocycles. The second-order valence-corrected chi connectivity index (χ2v) is 9.13. The van der Waals surface area contributed by atoms with E-state index in [0.29, 0.717) is 24.0 Å². The minimum absolute atomic E-state index is 0.0688. The molecule has 0 spiro atoms. The van der Waals surface area contributed by atoms with Gasteiger partial charge in [0.25, 0.3) is 5.91 Å². The van der Waals surface area contributed by atoms with Gasteiger partial charge >= 0.3 is 0 Å². The van der Waals surface area contributed by atoms with Gasteiger partial charge in [0.2, 0.25) is 5.91 Å². The summed E-state index contributed by atoms with van der Waals surface area (Å²) in [6.07, 6.45) is 4.90. The van der Waals surface area contributed by atoms with Crippen molar-refractivity contribution in [1.29, 1.82) is 0 Å². The highest BCUT2D eigenvalue weighted by Crippen LogP contribution is 2.36. The van der Waals surface area contributed by atoms with Gasteiger partial charge in [0.1, 0.15) is 11.9 Å². The molecule has 4 rings (SSSR count). The first-order chi connectivity index (χ1) is 15.5. The van der Waals surface area contributed by atoms with E-state index < -0.39 is 6.04 Å². The molecule has 2 aromatic rings. The Morgan fingerprint density at radius 2 is 2.00 bits per heavy atom. The Bertz CT molecular complexity index is 1070. The Morgan fingerprint density at radius 1 is 1.19 bits per heavy atom. The average Bonchev–Trinajstić information content (AvgIpc) is 3.18. The highest BCUT2D eigenvalue weighted by molar-refractivity contribution is 8.15. The van der Waals surface area contributed by atoms with Crippen LogP contribution in [-0.4, -0.2) is 44.0 Å². The van der Waals surface area contributed by atoms with Gasteiger partial charge in [0.05, 0.1) is 10.9 Å². The lowest BCUT2D eigenvalue weighted by atomic mass is 10.00. The van der Waals surface area contributed by atoms with Crippen molar-refractivity contribution in [1.82, 2.24) is 15.2 Å². The highest BCUT2D eigenvalue weighted by Gasteiger charge is 2.43. The lowest BCUT2D eigenvalue weighted by molar-refractivity contribution is -0.125. The molecule has 7 nitrogen and oxygen atoms in total. The van der Waals surface area contributed by atoms with Crippen molar-refractivity contribution in [2.75, 3.05) is 0 Å². The van der Waals surface area contributed by atoms with Gasteiger partial charge < -0.3 is 5.32 Å². The molecule has 3 heterocycles. The van der Waals surface area contributed by atoms with E-state index in [2.05, 4.69) is 17.2 Å². The number of rotatable bonds is 7. The Hall–Kier alpha value is -3.00. The Kier molecular flexibility index (Phi) is 6.69. The maximum atomic E-state index is 13.3. The minimum Gasteiger partial charge on any atom is -0.351 e. The Morgan fingerprint density at radius 3 is 2.72 bits per heavy atom. The first kappa shape index (κ1) is 22.2. The van der Waals surface area contributed by atoms with Gasteiger partial charge in [-0.1, -0.05) is 57.2 Å². The molecule has 8 heteroatoms. The summed E-state index contributed by atoms with van der Waals surface area (Å²) in [7, 11) is 0. The normalized spacial score (nSPS) is 18.9. The molecule has 0 fully saturated rings. The van der Waals surface area contributed by atoms with E-state index in [9.17, 15) is 9.59 Å². The van der Waals surface area contributed by atoms with Gasteiger partial charge in [-0.3, -0.25) is 19.6 Å². The van der Waals surface area contributed by atoms with Gasteiger partial charge in [-0.15, -0.1) is 0 Å². The molecule has 1 N–H and O–H groups in total. The summed E-state index contributed by atoms with van der Waals surface area (Å²) in [6, 6.07) is 11.0. The van der Waals surface area contributed by atoms with Crippen molar-refractivity contribution in [3.8, 4) is 0 Å². The van der Waals surface area contributed by atoms with E-state index in [4.69, 9.17) is 9.98 Å². The molecule has 2 aliphatic heterocycles. The lowest BCUT2D eigenvalue weighted by Crippen LogP contribution is -2.44. The Balaban J connectivity index is 1.58. The number of hydrogen-bond acceptors (Lipinski definition) is 6. The number of benzene rings is 1. The first-order valence-corrected chi connectivity index (χ1v) is 11.8. The van der Waals surface area contributed by atoms with E-state index in [1.165, 1.54) is 11.8 Å². The molecule has 1 aromatic carbocycles. The standard InChI is InChI=1S/C24H27N5O2S/c1-4-15(3)20-23(31)29-21(28-20)17-10-6-7-11-18(17)27-24(29)32-19(5-2)22(30)26-14-16-9-8-12-25-13-16/h6-13,15,19-20H,4-5,14H2,1-3H3,(H,26,30). The van der Waals surface area contributed by atoms with E-state index in [1.54, 1.807) is 17.3 Å². The molecule has 2 amide bonds. The SMILES string of the molecule is CCC(SC1=Nc2ccccc2C2=NC(C(C)CC)C(=O)N12)C(=O)NCc1cccnc1. The third-order valence-electron chi connectivity index (χ3n) is 5.78. The van der Waals surface area contributed by atoms with Crippen molar-refractivity contribution in [3.63, 3.8) is 0 Å². The molecule has 2 aliphatic rings. The van der Waals surface area contributed by atoms with Crippen LogP contribution in [-0.2, 0) is 16.1 Å². The van der Waals surface area contributed by atoms with Gasteiger partial charge in [-0.05, 0) is 36.1 Å². The van der Waals surface area contributed by atoms with Gasteiger partial charge in [-0.25, -0.2) is 9.89 Å². The molecular formula is C24H27N5O2S. The molecule has 166 valence electrons. The molecule has 32 heavy (non-hydrogen) atoms. The number of hydrogen-bond donors (Lipinski definition) is 1. The summed E-state index contributed by atoms with van der Waals surface area (Å²) in [5, 5.41) is 3.11. The fourth-order valence-corrected chi connectivity index (χ4v) is 4.74. The molecule has 0 saturated carbocycles. The summed E-state index contributed by atoms with van der Waals surface area (Å²) in [4.78, 5) is 41.5. The molecule has 0 saturated heterocycles. The summed E-state index contributed by atoms with van der Waals surface area (Å²) in [6.45, 7) is 6.47. The van der Waals surface area contributed by atoms with Crippen molar-refractivity contribution in [2.45, 2.75) is 51.4 Å². The largest absolute Gasteiger partial charge is 0.351 e. The van der Waals surface area contributed by atoms with Crippen molar-refractivity contribution < 1.29 is 9.59 Å². The van der Waals surface area contributed by atoms with Crippen LogP contribution in [0, 0.1) is 5.92 Å². The van der Waals surface area contributed by atoms with Crippen LogP contribution in [0.2, 0.25) is 0 Å². The van der Waals surface area contributed by atoms with Crippen LogP contribution in [0.4, 0.5) is 5.69 Å². The second kappa shape index (κ2) is 9.65. The zero-order valence-corrected chi connectivity index (χ0v) is 19.3. The number of para-hydroxylation sites is 1. The maximum absolute atomic E-state index is 13.3. The predicted octanol–water partition coefficient (Wildman–Crippen LogP) is 3.91. The number of pyridine rings is 1. The number of thioether (sulfide) groups is 1. The number of aromatic nitrogens is 1. The molecule has 0 radical (unpaired) electrons. The quantitative estimate of drug-likeness (QED) is 0.694. The number of carbonyl (C=O) groups excluding carboxylic acids is 2. The number of amidine groups is 2. The van der Waals surface area contributed by atoms with Crippen LogP contribution < -0.4 is 5.32 Å².